The van der Waals surface area contributed by atoms with Gasteiger partial charge in [0.25, 0.3) is 0 Å². The zero-order valence-electron chi connectivity index (χ0n) is 8.93. The lowest BCUT2D eigenvalue weighted by Gasteiger charge is -2.15. The molecular weight excluding hydrogens is 260 g/mol. The highest BCUT2D eigenvalue weighted by molar-refractivity contribution is 9.10. The second-order valence-electron chi connectivity index (χ2n) is 3.53. The monoisotopic (exact) mass is 276 g/mol. The predicted molar refractivity (Wildman–Crippen MR) is 66.9 cm³/mol. The average molecular weight is 277 g/mol. The first-order valence-corrected chi connectivity index (χ1v) is 6.30. The van der Waals surface area contributed by atoms with Crippen LogP contribution in [0.1, 0.15) is 15.3 Å². The van der Waals surface area contributed by atoms with Crippen molar-refractivity contribution in [3.05, 3.63) is 19.8 Å². The van der Waals surface area contributed by atoms with Gasteiger partial charge in [0.15, 0.2) is 0 Å². The number of thiophene rings is 1. The lowest BCUT2D eigenvalue weighted by molar-refractivity contribution is 0.335. The molecule has 80 valence electrons. The fourth-order valence-electron chi connectivity index (χ4n) is 1.45. The molecule has 0 radical (unpaired) electrons. The highest BCUT2D eigenvalue weighted by atomic mass is 79.9. The van der Waals surface area contributed by atoms with Crippen LogP contribution in [-0.2, 0) is 6.54 Å². The molecule has 0 aromatic carbocycles. The minimum absolute atomic E-state index is 0.719. The number of hydrogen-bond donors (Lipinski definition) is 1. The third-order valence-corrected chi connectivity index (χ3v) is 4.64. The summed E-state index contributed by atoms with van der Waals surface area (Å²) in [5.74, 6) is 0. The van der Waals surface area contributed by atoms with Crippen molar-refractivity contribution in [2.45, 2.75) is 20.4 Å². The minimum atomic E-state index is 0.719. The van der Waals surface area contributed by atoms with E-state index in [4.69, 9.17) is 5.73 Å². The third kappa shape index (κ3) is 2.79. The van der Waals surface area contributed by atoms with Gasteiger partial charge in [0.1, 0.15) is 0 Å². The summed E-state index contributed by atoms with van der Waals surface area (Å²) in [5.41, 5.74) is 6.92. The molecule has 1 rings (SSSR count). The maximum Gasteiger partial charge on any atom is 0.0359 e. The van der Waals surface area contributed by atoms with Gasteiger partial charge >= 0.3 is 0 Å². The van der Waals surface area contributed by atoms with E-state index in [-0.39, 0.29) is 0 Å². The Morgan fingerprint density at radius 3 is 2.43 bits per heavy atom. The first kappa shape index (κ1) is 12.2. The van der Waals surface area contributed by atoms with E-state index in [1.165, 1.54) is 19.8 Å². The van der Waals surface area contributed by atoms with E-state index >= 15 is 0 Å². The molecule has 0 aliphatic carbocycles. The number of nitrogens with two attached hydrogens (primary N) is 1. The zero-order chi connectivity index (χ0) is 10.7. The van der Waals surface area contributed by atoms with Crippen molar-refractivity contribution in [3.8, 4) is 0 Å². The van der Waals surface area contributed by atoms with Gasteiger partial charge in [-0.3, -0.25) is 0 Å². The van der Waals surface area contributed by atoms with Crippen molar-refractivity contribution in [1.29, 1.82) is 0 Å². The van der Waals surface area contributed by atoms with Crippen molar-refractivity contribution >= 4 is 27.3 Å². The number of rotatable bonds is 4. The van der Waals surface area contributed by atoms with E-state index in [9.17, 15) is 0 Å². The van der Waals surface area contributed by atoms with Gasteiger partial charge in [-0.25, -0.2) is 0 Å². The van der Waals surface area contributed by atoms with Gasteiger partial charge in [-0.1, -0.05) is 0 Å². The van der Waals surface area contributed by atoms with Crippen molar-refractivity contribution in [3.63, 3.8) is 0 Å². The van der Waals surface area contributed by atoms with E-state index in [0.29, 0.717) is 0 Å². The van der Waals surface area contributed by atoms with Gasteiger partial charge in [-0.2, -0.15) is 0 Å². The second kappa shape index (κ2) is 5.26. The fraction of sp³-hybridized carbons (Fsp3) is 0.600. The van der Waals surface area contributed by atoms with Crippen LogP contribution in [0.3, 0.4) is 0 Å². The van der Waals surface area contributed by atoms with Gasteiger partial charge in [0.05, 0.1) is 0 Å². The lowest BCUT2D eigenvalue weighted by atomic mass is 10.2. The summed E-state index contributed by atoms with van der Waals surface area (Å²) >= 11 is 5.48. The summed E-state index contributed by atoms with van der Waals surface area (Å²) in [4.78, 5) is 5.01. The smallest absolute Gasteiger partial charge is 0.0359 e. The number of aryl methyl sites for hydroxylation is 2. The van der Waals surface area contributed by atoms with Crippen molar-refractivity contribution in [1.82, 2.24) is 4.90 Å². The molecule has 0 aliphatic rings. The van der Waals surface area contributed by atoms with Crippen molar-refractivity contribution in [2.75, 3.05) is 20.1 Å². The molecule has 0 saturated carbocycles. The van der Waals surface area contributed by atoms with Gasteiger partial charge in [0.2, 0.25) is 0 Å². The maximum absolute atomic E-state index is 5.51. The molecule has 1 aromatic rings. The molecule has 0 fully saturated rings. The minimum Gasteiger partial charge on any atom is -0.329 e. The Labute approximate surface area is 98.2 Å². The first-order chi connectivity index (χ1) is 6.56. The van der Waals surface area contributed by atoms with E-state index in [1.807, 2.05) is 11.3 Å². The summed E-state index contributed by atoms with van der Waals surface area (Å²) < 4.78 is 1.27. The van der Waals surface area contributed by atoms with E-state index in [0.717, 1.165) is 19.6 Å². The van der Waals surface area contributed by atoms with Crippen LogP contribution in [0, 0.1) is 13.8 Å². The Hall–Kier alpha value is 0.100. The van der Waals surface area contributed by atoms with Crippen LogP contribution in [0.5, 0.6) is 0 Å². The quantitative estimate of drug-likeness (QED) is 0.916. The molecule has 0 unspecified atom stereocenters. The second-order valence-corrected chi connectivity index (χ2v) is 5.76. The summed E-state index contributed by atoms with van der Waals surface area (Å²) in [5, 5.41) is 0. The molecule has 0 spiro atoms. The van der Waals surface area contributed by atoms with Crippen LogP contribution in [0.4, 0.5) is 0 Å². The highest BCUT2D eigenvalue weighted by Crippen LogP contribution is 2.32. The summed E-state index contributed by atoms with van der Waals surface area (Å²) in [7, 11) is 2.10. The third-order valence-electron chi connectivity index (χ3n) is 2.24. The summed E-state index contributed by atoms with van der Waals surface area (Å²) in [6, 6.07) is 0. The van der Waals surface area contributed by atoms with Crippen LogP contribution in [0.25, 0.3) is 0 Å². The first-order valence-electron chi connectivity index (χ1n) is 4.69. The topological polar surface area (TPSA) is 29.3 Å². The van der Waals surface area contributed by atoms with Crippen LogP contribution >= 0.6 is 27.3 Å². The molecule has 2 nitrogen and oxygen atoms in total. The fourth-order valence-corrected chi connectivity index (χ4v) is 3.21. The predicted octanol–water partition coefficient (Wildman–Crippen LogP) is 2.52. The zero-order valence-corrected chi connectivity index (χ0v) is 11.3. The van der Waals surface area contributed by atoms with Gasteiger partial charge in [0, 0.05) is 33.9 Å². The number of hydrogen-bond acceptors (Lipinski definition) is 3. The maximum atomic E-state index is 5.51. The Kier molecular flexibility index (Phi) is 4.57. The van der Waals surface area contributed by atoms with Crippen LogP contribution in [-0.4, -0.2) is 25.0 Å². The number of likely N-dealkylation sites (N-methyl/N-ethyl adjacent to an activating group) is 1. The largest absolute Gasteiger partial charge is 0.329 e. The standard InChI is InChI=1S/C10H17BrN2S/c1-7-9(6-13(3)5-4-12)10(11)8(2)14-7/h4-6,12H2,1-3H3. The van der Waals surface area contributed by atoms with E-state index < -0.39 is 0 Å². The Morgan fingerprint density at radius 2 is 2.00 bits per heavy atom. The number of halogens is 1. The average Bonchev–Trinajstić information content (AvgIpc) is 2.33. The SMILES string of the molecule is Cc1sc(C)c(CN(C)CCN)c1Br. The van der Waals surface area contributed by atoms with Gasteiger partial charge in [-0.05, 0) is 42.4 Å². The van der Waals surface area contributed by atoms with Crippen molar-refractivity contribution in [2.24, 2.45) is 5.73 Å². The Balaban J connectivity index is 2.75. The lowest BCUT2D eigenvalue weighted by Crippen LogP contribution is -2.25. The molecule has 0 aliphatic heterocycles. The molecule has 2 N–H and O–H groups in total. The molecule has 0 amide bonds. The van der Waals surface area contributed by atoms with Gasteiger partial charge < -0.3 is 10.6 Å². The van der Waals surface area contributed by atoms with Crippen molar-refractivity contribution < 1.29 is 0 Å². The highest BCUT2D eigenvalue weighted by Gasteiger charge is 2.11. The summed E-state index contributed by atoms with van der Waals surface area (Å²) in [6.45, 7) is 6.97. The molecule has 1 heterocycles. The van der Waals surface area contributed by atoms with E-state index in [2.05, 4.69) is 41.7 Å². The molecular formula is C10H17BrN2S. The van der Waals surface area contributed by atoms with Crippen LogP contribution < -0.4 is 5.73 Å². The van der Waals surface area contributed by atoms with Crippen LogP contribution in [0.15, 0.2) is 4.47 Å². The molecule has 4 heteroatoms. The molecule has 0 atom stereocenters. The molecule has 0 saturated heterocycles. The van der Waals surface area contributed by atoms with Crippen LogP contribution in [0.2, 0.25) is 0 Å². The molecule has 1 aromatic heterocycles. The Morgan fingerprint density at radius 1 is 1.36 bits per heavy atom. The molecule has 14 heavy (non-hydrogen) atoms. The number of nitrogens with zero attached hydrogens (tertiary/aromatic N) is 1. The summed E-state index contributed by atoms with van der Waals surface area (Å²) in [6.07, 6.45) is 0. The molecule has 0 bridgehead atoms. The van der Waals surface area contributed by atoms with E-state index in [1.54, 1.807) is 0 Å². The Bertz CT molecular complexity index is 309. The van der Waals surface area contributed by atoms with Gasteiger partial charge in [-0.15, -0.1) is 11.3 Å². The normalized spacial score (nSPS) is 11.3.